The Hall–Kier alpha value is -1.63. The van der Waals surface area contributed by atoms with Crippen LogP contribution in [0.3, 0.4) is 0 Å². The molecule has 0 fully saturated rings. The Morgan fingerprint density at radius 2 is 2.12 bits per heavy atom. The summed E-state index contributed by atoms with van der Waals surface area (Å²) in [6.45, 7) is 1.35. The number of aromatic nitrogens is 2. The summed E-state index contributed by atoms with van der Waals surface area (Å²) < 4.78 is 4.59. The Labute approximate surface area is 103 Å². The van der Waals surface area contributed by atoms with Crippen molar-refractivity contribution in [2.75, 3.05) is 12.9 Å². The molecule has 1 atom stereocenters. The van der Waals surface area contributed by atoms with E-state index in [9.17, 15) is 9.59 Å². The number of thioether (sulfide) groups is 1. The maximum absolute atomic E-state index is 11.4. The van der Waals surface area contributed by atoms with Gasteiger partial charge in [-0.3, -0.25) is 4.79 Å². The highest BCUT2D eigenvalue weighted by atomic mass is 32.2. The number of nitrogens with one attached hydrogen (secondary N) is 1. The lowest BCUT2D eigenvalue weighted by Gasteiger charge is -2.14. The molecule has 0 saturated carbocycles. The van der Waals surface area contributed by atoms with Gasteiger partial charge in [0.05, 0.1) is 7.11 Å². The molecule has 0 aliphatic rings. The van der Waals surface area contributed by atoms with Crippen molar-refractivity contribution >= 4 is 23.6 Å². The van der Waals surface area contributed by atoms with Crippen molar-refractivity contribution in [3.8, 4) is 0 Å². The molecule has 1 aromatic heterocycles. The summed E-state index contributed by atoms with van der Waals surface area (Å²) >= 11 is 1.28. The molecule has 7 heteroatoms. The highest BCUT2D eigenvalue weighted by Crippen LogP contribution is 2.12. The third kappa shape index (κ3) is 4.81. The molecule has 0 aliphatic heterocycles. The minimum atomic E-state index is -0.689. The van der Waals surface area contributed by atoms with E-state index in [1.807, 2.05) is 0 Å². The van der Waals surface area contributed by atoms with Gasteiger partial charge in [-0.25, -0.2) is 14.8 Å². The van der Waals surface area contributed by atoms with Crippen molar-refractivity contribution in [2.45, 2.75) is 18.1 Å². The van der Waals surface area contributed by atoms with E-state index in [4.69, 9.17) is 0 Å². The number of carbonyl (C=O) groups is 2. The van der Waals surface area contributed by atoms with Gasteiger partial charge in [0.15, 0.2) is 5.16 Å². The second kappa shape index (κ2) is 6.85. The van der Waals surface area contributed by atoms with Gasteiger partial charge in [-0.15, -0.1) is 0 Å². The molecular formula is C10H13N3O3S. The third-order valence-electron chi connectivity index (χ3n) is 1.78. The predicted molar refractivity (Wildman–Crippen MR) is 62.4 cm³/mol. The summed E-state index contributed by atoms with van der Waals surface area (Å²) in [6.07, 6.45) is 3.22. The first-order chi connectivity index (χ1) is 8.13. The van der Waals surface area contributed by atoms with Gasteiger partial charge in [-0.1, -0.05) is 11.8 Å². The van der Waals surface area contributed by atoms with Crippen LogP contribution in [-0.2, 0) is 14.3 Å². The van der Waals surface area contributed by atoms with Gasteiger partial charge in [0.25, 0.3) is 0 Å². The zero-order valence-corrected chi connectivity index (χ0v) is 10.4. The quantitative estimate of drug-likeness (QED) is 0.461. The van der Waals surface area contributed by atoms with E-state index in [1.54, 1.807) is 18.5 Å². The number of rotatable bonds is 5. The molecule has 0 bridgehead atoms. The van der Waals surface area contributed by atoms with Gasteiger partial charge >= 0.3 is 5.97 Å². The van der Waals surface area contributed by atoms with Crippen LogP contribution in [0.2, 0.25) is 0 Å². The zero-order chi connectivity index (χ0) is 12.7. The first-order valence-electron chi connectivity index (χ1n) is 4.88. The summed E-state index contributed by atoms with van der Waals surface area (Å²) in [5, 5.41) is 3.06. The summed E-state index contributed by atoms with van der Waals surface area (Å²) in [4.78, 5) is 30.3. The number of carbonyl (C=O) groups excluding carboxylic acids is 2. The average molecular weight is 255 g/mol. The molecule has 0 spiro atoms. The van der Waals surface area contributed by atoms with Crippen molar-refractivity contribution < 1.29 is 14.3 Å². The molecule has 1 N–H and O–H groups in total. The Morgan fingerprint density at radius 1 is 1.47 bits per heavy atom. The van der Waals surface area contributed by atoms with E-state index in [1.165, 1.54) is 25.8 Å². The maximum Gasteiger partial charge on any atom is 0.329 e. The van der Waals surface area contributed by atoms with Crippen LogP contribution in [0.5, 0.6) is 0 Å². The summed E-state index contributed by atoms with van der Waals surface area (Å²) in [5.41, 5.74) is 0. The Morgan fingerprint density at radius 3 is 2.65 bits per heavy atom. The van der Waals surface area contributed by atoms with Gasteiger partial charge in [-0.05, 0) is 6.07 Å². The van der Waals surface area contributed by atoms with Crippen molar-refractivity contribution in [1.29, 1.82) is 0 Å². The van der Waals surface area contributed by atoms with Gasteiger partial charge < -0.3 is 10.1 Å². The Kier molecular flexibility index (Phi) is 5.41. The fourth-order valence-corrected chi connectivity index (χ4v) is 1.88. The Balaban J connectivity index is 2.55. The zero-order valence-electron chi connectivity index (χ0n) is 9.54. The molecule has 1 amide bonds. The highest BCUT2D eigenvalue weighted by Gasteiger charge is 2.20. The summed E-state index contributed by atoms with van der Waals surface area (Å²) in [6, 6.07) is 1.02. The number of methoxy groups -OCH3 is 1. The minimum absolute atomic E-state index is 0.282. The van der Waals surface area contributed by atoms with Crippen molar-refractivity contribution in [3.05, 3.63) is 18.5 Å². The second-order valence-corrected chi connectivity index (χ2v) is 4.11. The fraction of sp³-hybridized carbons (Fsp3) is 0.400. The predicted octanol–water partition coefficient (Wildman–Crippen LogP) is 0.246. The van der Waals surface area contributed by atoms with Crippen molar-refractivity contribution in [1.82, 2.24) is 15.3 Å². The van der Waals surface area contributed by atoms with Crippen LogP contribution < -0.4 is 5.32 Å². The fourth-order valence-electron chi connectivity index (χ4n) is 1.07. The van der Waals surface area contributed by atoms with Crippen LogP contribution in [-0.4, -0.2) is 40.7 Å². The standard InChI is InChI=1S/C10H13N3O3S/c1-7(14)13-8(9(15)16-2)6-17-10-11-4-3-5-12-10/h3-5,8H,6H2,1-2H3,(H,13,14). The SMILES string of the molecule is COC(=O)C(CSc1ncccn1)NC(C)=O. The maximum atomic E-state index is 11.4. The normalized spacial score (nSPS) is 11.6. The number of esters is 1. The lowest BCUT2D eigenvalue weighted by molar-refractivity contribution is -0.144. The van der Waals surface area contributed by atoms with Gasteiger partial charge in [-0.2, -0.15) is 0 Å². The number of hydrogen-bond donors (Lipinski definition) is 1. The highest BCUT2D eigenvalue weighted by molar-refractivity contribution is 7.99. The van der Waals surface area contributed by atoms with Crippen LogP contribution in [0.25, 0.3) is 0 Å². The van der Waals surface area contributed by atoms with Crippen molar-refractivity contribution in [2.24, 2.45) is 0 Å². The number of ether oxygens (including phenoxy) is 1. The topological polar surface area (TPSA) is 81.2 Å². The van der Waals surface area contributed by atoms with Crippen molar-refractivity contribution in [3.63, 3.8) is 0 Å². The van der Waals surface area contributed by atoms with Gasteiger partial charge in [0.2, 0.25) is 5.91 Å². The molecule has 92 valence electrons. The molecular weight excluding hydrogens is 242 g/mol. The van der Waals surface area contributed by atoms with E-state index >= 15 is 0 Å². The molecule has 1 heterocycles. The van der Waals surface area contributed by atoms with Gasteiger partial charge in [0.1, 0.15) is 6.04 Å². The molecule has 1 unspecified atom stereocenters. The largest absolute Gasteiger partial charge is 0.467 e. The monoisotopic (exact) mass is 255 g/mol. The van der Waals surface area contributed by atoms with E-state index in [-0.39, 0.29) is 5.91 Å². The lowest BCUT2D eigenvalue weighted by Crippen LogP contribution is -2.42. The number of hydrogen-bond acceptors (Lipinski definition) is 6. The average Bonchev–Trinajstić information content (AvgIpc) is 2.34. The first-order valence-corrected chi connectivity index (χ1v) is 5.86. The van der Waals surface area contributed by atoms with E-state index in [2.05, 4.69) is 20.0 Å². The van der Waals surface area contributed by atoms with E-state index < -0.39 is 12.0 Å². The van der Waals surface area contributed by atoms with Crippen LogP contribution in [0.15, 0.2) is 23.6 Å². The molecule has 17 heavy (non-hydrogen) atoms. The van der Waals surface area contributed by atoms with Crippen LogP contribution in [0.1, 0.15) is 6.92 Å². The Bertz CT molecular complexity index is 386. The smallest absolute Gasteiger partial charge is 0.329 e. The summed E-state index contributed by atoms with van der Waals surface area (Å²) in [5.74, 6) is -0.436. The van der Waals surface area contributed by atoms with E-state index in [0.29, 0.717) is 10.9 Å². The van der Waals surface area contributed by atoms with Gasteiger partial charge in [0, 0.05) is 25.1 Å². The molecule has 0 aromatic carbocycles. The molecule has 0 aliphatic carbocycles. The molecule has 6 nitrogen and oxygen atoms in total. The second-order valence-electron chi connectivity index (χ2n) is 3.12. The van der Waals surface area contributed by atoms with Crippen LogP contribution >= 0.6 is 11.8 Å². The number of amides is 1. The van der Waals surface area contributed by atoms with Crippen LogP contribution in [0.4, 0.5) is 0 Å². The molecule has 0 saturated heterocycles. The number of nitrogens with zero attached hydrogens (tertiary/aromatic N) is 2. The summed E-state index contributed by atoms with van der Waals surface area (Å²) in [7, 11) is 1.28. The molecule has 1 rings (SSSR count). The lowest BCUT2D eigenvalue weighted by atomic mass is 10.3. The first kappa shape index (κ1) is 13.4. The third-order valence-corrected chi connectivity index (χ3v) is 2.75. The van der Waals surface area contributed by atoms with Crippen LogP contribution in [0, 0.1) is 0 Å². The molecule has 1 aromatic rings. The minimum Gasteiger partial charge on any atom is -0.467 e. The van der Waals surface area contributed by atoms with E-state index in [0.717, 1.165) is 0 Å². The molecule has 0 radical (unpaired) electrons.